The molecule has 0 radical (unpaired) electrons. The van der Waals surface area contributed by atoms with Crippen molar-refractivity contribution < 1.29 is 23.8 Å². The van der Waals surface area contributed by atoms with Gasteiger partial charge in [-0.1, -0.05) is 18.2 Å². The average Bonchev–Trinajstić information content (AvgIpc) is 2.81. The van der Waals surface area contributed by atoms with Crippen LogP contribution < -0.4 is 19.5 Å². The Morgan fingerprint density at radius 2 is 1.72 bits per heavy atom. The quantitative estimate of drug-likeness (QED) is 0.544. The van der Waals surface area contributed by atoms with Crippen LogP contribution >= 0.6 is 0 Å². The molecule has 2 aromatic carbocycles. The minimum absolute atomic E-state index is 0.101. The number of hydrogen-bond acceptors (Lipinski definition) is 5. The van der Waals surface area contributed by atoms with Crippen molar-refractivity contribution in [1.82, 2.24) is 10.2 Å². The van der Waals surface area contributed by atoms with Crippen molar-refractivity contribution in [2.45, 2.75) is 46.2 Å². The number of nitrogens with one attached hydrogen (secondary N) is 1. The Hall–Kier alpha value is -3.22. The summed E-state index contributed by atoms with van der Waals surface area (Å²) >= 11 is 0. The molecule has 1 atom stereocenters. The van der Waals surface area contributed by atoms with Gasteiger partial charge in [0.2, 0.25) is 11.8 Å². The van der Waals surface area contributed by atoms with Crippen molar-refractivity contribution in [2.75, 3.05) is 27.4 Å². The van der Waals surface area contributed by atoms with E-state index in [2.05, 4.69) is 5.32 Å². The molecule has 7 heteroatoms. The second-order valence-corrected chi connectivity index (χ2v) is 7.31. The van der Waals surface area contributed by atoms with Gasteiger partial charge in [0.15, 0.2) is 11.5 Å². The highest BCUT2D eigenvalue weighted by molar-refractivity contribution is 5.87. The van der Waals surface area contributed by atoms with Gasteiger partial charge in [0.05, 0.1) is 20.3 Å². The summed E-state index contributed by atoms with van der Waals surface area (Å²) in [5.41, 5.74) is 1.87. The summed E-state index contributed by atoms with van der Waals surface area (Å²) in [6.07, 6.45) is 0.797. The number of carbonyl (C=O) groups excluding carboxylic acids is 2. The van der Waals surface area contributed by atoms with Gasteiger partial charge in [0.1, 0.15) is 11.8 Å². The van der Waals surface area contributed by atoms with Crippen molar-refractivity contribution >= 4 is 11.8 Å². The fourth-order valence-corrected chi connectivity index (χ4v) is 3.40. The largest absolute Gasteiger partial charge is 0.497 e. The third-order valence-corrected chi connectivity index (χ3v) is 5.14. The lowest BCUT2D eigenvalue weighted by Gasteiger charge is -2.28. The maximum Gasteiger partial charge on any atom is 0.242 e. The average molecular weight is 443 g/mol. The van der Waals surface area contributed by atoms with Crippen LogP contribution in [0.3, 0.4) is 0 Å². The standard InChI is InChI=1S/C25H34N2O5/c1-6-31-22-13-11-19(16-23(22)32-7-2)12-14-24(28)27(18(3)25(29)26-4)17-20-9-8-10-21(15-20)30-5/h8-11,13,15-16,18H,6-7,12,14,17H2,1-5H3,(H,26,29). The number of likely N-dealkylation sites (N-methyl/N-ethyl adjacent to an activating group) is 1. The van der Waals surface area contributed by atoms with Crippen molar-refractivity contribution in [3.8, 4) is 17.2 Å². The maximum absolute atomic E-state index is 13.2. The van der Waals surface area contributed by atoms with Gasteiger partial charge < -0.3 is 24.4 Å². The molecule has 0 aromatic heterocycles. The van der Waals surface area contributed by atoms with Crippen LogP contribution in [0.25, 0.3) is 0 Å². The highest BCUT2D eigenvalue weighted by Crippen LogP contribution is 2.29. The molecular formula is C25H34N2O5. The number of aryl methyl sites for hydroxylation is 1. The van der Waals surface area contributed by atoms with Crippen LogP contribution in [0.4, 0.5) is 0 Å². The first-order chi connectivity index (χ1) is 15.4. The molecule has 174 valence electrons. The van der Waals surface area contributed by atoms with Gasteiger partial charge in [0, 0.05) is 20.0 Å². The van der Waals surface area contributed by atoms with Crippen molar-refractivity contribution in [1.29, 1.82) is 0 Å². The first-order valence-electron chi connectivity index (χ1n) is 11.0. The molecule has 0 heterocycles. The fraction of sp³-hybridized carbons (Fsp3) is 0.440. The molecule has 0 spiro atoms. The summed E-state index contributed by atoms with van der Waals surface area (Å²) in [5.74, 6) is 1.76. The highest BCUT2D eigenvalue weighted by atomic mass is 16.5. The van der Waals surface area contributed by atoms with Crippen LogP contribution in [0.1, 0.15) is 38.3 Å². The van der Waals surface area contributed by atoms with E-state index in [-0.39, 0.29) is 18.2 Å². The molecule has 0 aliphatic heterocycles. The Kier molecular flexibility index (Phi) is 9.85. The van der Waals surface area contributed by atoms with E-state index in [0.717, 1.165) is 11.1 Å². The minimum atomic E-state index is -0.599. The number of ether oxygens (including phenoxy) is 3. The highest BCUT2D eigenvalue weighted by Gasteiger charge is 2.25. The normalized spacial score (nSPS) is 11.4. The van der Waals surface area contributed by atoms with Gasteiger partial charge >= 0.3 is 0 Å². The molecule has 0 saturated heterocycles. The molecule has 0 bridgehead atoms. The molecule has 2 amide bonds. The maximum atomic E-state index is 13.2. The summed E-state index contributed by atoms with van der Waals surface area (Å²) in [4.78, 5) is 27.1. The van der Waals surface area contributed by atoms with Crippen LogP contribution in [-0.4, -0.2) is 50.1 Å². The molecule has 0 aliphatic rings. The zero-order chi connectivity index (χ0) is 23.5. The van der Waals surface area contributed by atoms with E-state index in [1.807, 2.05) is 56.3 Å². The lowest BCUT2D eigenvalue weighted by Crippen LogP contribution is -2.46. The predicted molar refractivity (Wildman–Crippen MR) is 124 cm³/mol. The Labute approximate surface area is 190 Å². The minimum Gasteiger partial charge on any atom is -0.497 e. The lowest BCUT2D eigenvalue weighted by atomic mass is 10.1. The van der Waals surface area contributed by atoms with Gasteiger partial charge in [-0.25, -0.2) is 0 Å². The van der Waals surface area contributed by atoms with Gasteiger partial charge in [-0.3, -0.25) is 9.59 Å². The smallest absolute Gasteiger partial charge is 0.242 e. The summed E-state index contributed by atoms with van der Waals surface area (Å²) in [5, 5.41) is 2.63. The first-order valence-corrected chi connectivity index (χ1v) is 11.0. The van der Waals surface area contributed by atoms with Gasteiger partial charge in [-0.2, -0.15) is 0 Å². The number of nitrogens with zero attached hydrogens (tertiary/aromatic N) is 1. The van der Waals surface area contributed by atoms with E-state index in [1.165, 1.54) is 0 Å². The molecule has 2 aromatic rings. The summed E-state index contributed by atoms with van der Waals surface area (Å²) < 4.78 is 16.6. The Morgan fingerprint density at radius 3 is 2.38 bits per heavy atom. The summed E-state index contributed by atoms with van der Waals surface area (Å²) in [6.45, 7) is 6.98. The van der Waals surface area contributed by atoms with Gasteiger partial charge in [0.25, 0.3) is 0 Å². The monoisotopic (exact) mass is 442 g/mol. The molecule has 0 aliphatic carbocycles. The van der Waals surface area contributed by atoms with Crippen molar-refractivity contribution in [2.24, 2.45) is 0 Å². The number of carbonyl (C=O) groups is 2. The lowest BCUT2D eigenvalue weighted by molar-refractivity contribution is -0.140. The molecule has 0 fully saturated rings. The SMILES string of the molecule is CCOc1ccc(CCC(=O)N(Cc2cccc(OC)c2)C(C)C(=O)NC)cc1OCC. The van der Waals surface area contributed by atoms with Crippen LogP contribution in [0.5, 0.6) is 17.2 Å². The zero-order valence-corrected chi connectivity index (χ0v) is 19.6. The van der Waals surface area contributed by atoms with Crippen molar-refractivity contribution in [3.63, 3.8) is 0 Å². The van der Waals surface area contributed by atoms with E-state index in [1.54, 1.807) is 26.0 Å². The second kappa shape index (κ2) is 12.6. The third kappa shape index (κ3) is 6.90. The topological polar surface area (TPSA) is 77.1 Å². The molecule has 2 rings (SSSR count). The predicted octanol–water partition coefficient (Wildman–Crippen LogP) is 3.59. The van der Waals surface area contributed by atoms with Gasteiger partial charge in [-0.15, -0.1) is 0 Å². The van der Waals surface area contributed by atoms with E-state index in [9.17, 15) is 9.59 Å². The number of hydrogen-bond donors (Lipinski definition) is 1. The summed E-state index contributed by atoms with van der Waals surface area (Å²) in [6, 6.07) is 12.6. The van der Waals surface area contributed by atoms with Crippen LogP contribution in [0.2, 0.25) is 0 Å². The number of benzene rings is 2. The number of amides is 2. The van der Waals surface area contributed by atoms with Crippen LogP contribution in [0.15, 0.2) is 42.5 Å². The Bertz CT molecular complexity index is 900. The van der Waals surface area contributed by atoms with E-state index in [4.69, 9.17) is 14.2 Å². The van der Waals surface area contributed by atoms with Crippen LogP contribution in [0, 0.1) is 0 Å². The molecule has 1 N–H and O–H groups in total. The van der Waals surface area contributed by atoms with Crippen molar-refractivity contribution in [3.05, 3.63) is 53.6 Å². The molecule has 32 heavy (non-hydrogen) atoms. The van der Waals surface area contributed by atoms with E-state index < -0.39 is 6.04 Å². The second-order valence-electron chi connectivity index (χ2n) is 7.31. The third-order valence-electron chi connectivity index (χ3n) is 5.14. The van der Waals surface area contributed by atoms with E-state index in [0.29, 0.717) is 43.4 Å². The molecule has 0 saturated carbocycles. The zero-order valence-electron chi connectivity index (χ0n) is 19.6. The summed E-state index contributed by atoms with van der Waals surface area (Å²) in [7, 11) is 3.17. The Balaban J connectivity index is 2.17. The van der Waals surface area contributed by atoms with Gasteiger partial charge in [-0.05, 0) is 62.6 Å². The molecule has 7 nitrogen and oxygen atoms in total. The first kappa shape index (κ1) is 25.0. The molecular weight excluding hydrogens is 408 g/mol. The van der Waals surface area contributed by atoms with E-state index >= 15 is 0 Å². The molecule has 1 unspecified atom stereocenters. The van der Waals surface area contributed by atoms with Crippen LogP contribution in [-0.2, 0) is 22.6 Å². The Morgan fingerprint density at radius 1 is 1.00 bits per heavy atom. The number of methoxy groups -OCH3 is 1. The number of rotatable bonds is 12. The fourth-order valence-electron chi connectivity index (χ4n) is 3.40.